The number of fused-ring (bicyclic) bond motifs is 3. The Bertz CT molecular complexity index is 704. The molecule has 6 nitrogen and oxygen atoms in total. The van der Waals surface area contributed by atoms with Gasteiger partial charge in [-0.2, -0.15) is 0 Å². The average molecular weight is 381 g/mol. The maximum atomic E-state index is 13.5. The van der Waals surface area contributed by atoms with Gasteiger partial charge in [0.2, 0.25) is 0 Å². The summed E-state index contributed by atoms with van der Waals surface area (Å²) in [5.41, 5.74) is 1.72. The molecule has 2 heterocycles. The minimum absolute atomic E-state index is 0.0233. The summed E-state index contributed by atoms with van der Waals surface area (Å²) in [5.74, 6) is 0.256. The zero-order valence-electron chi connectivity index (χ0n) is 16.3. The Morgan fingerprint density at radius 3 is 2.69 bits per heavy atom. The molecule has 0 aromatic heterocycles. The second-order valence-corrected chi connectivity index (χ2v) is 10.2. The number of esters is 1. The molecule has 0 amide bonds. The fourth-order valence-corrected chi connectivity index (χ4v) is 6.31. The Balaban J connectivity index is 2.11. The Hall–Kier alpha value is -1.20. The van der Waals surface area contributed by atoms with Crippen molar-refractivity contribution in [1.82, 2.24) is 4.90 Å². The smallest absolute Gasteiger partial charge is 0.323 e. The molecular formula is C19H28NO5P. The summed E-state index contributed by atoms with van der Waals surface area (Å²) in [7, 11) is -0.126. The molecule has 0 bridgehead atoms. The molecule has 1 unspecified atom stereocenters. The topological polar surface area (TPSA) is 71.1 Å². The lowest BCUT2D eigenvalue weighted by Gasteiger charge is -2.41. The summed E-state index contributed by atoms with van der Waals surface area (Å²) >= 11 is 0. The number of benzene rings is 1. The molecule has 1 aromatic rings. The lowest BCUT2D eigenvalue weighted by atomic mass is 9.85. The van der Waals surface area contributed by atoms with Crippen LogP contribution < -0.4 is 9.42 Å². The first-order valence-corrected chi connectivity index (χ1v) is 10.6. The van der Waals surface area contributed by atoms with Crippen molar-refractivity contribution >= 4 is 13.9 Å². The van der Waals surface area contributed by atoms with Gasteiger partial charge < -0.3 is 14.2 Å². The monoisotopic (exact) mass is 381 g/mol. The molecule has 0 N–H and O–H groups in total. The number of carbonyl (C=O) groups excluding carboxylic acids is 1. The number of methoxy groups -OCH3 is 1. The van der Waals surface area contributed by atoms with E-state index in [-0.39, 0.29) is 23.1 Å². The number of ether oxygens (including phenoxy) is 1. The van der Waals surface area contributed by atoms with Crippen LogP contribution in [-0.2, 0) is 19.5 Å². The van der Waals surface area contributed by atoms with Crippen molar-refractivity contribution in [2.75, 3.05) is 20.8 Å². The van der Waals surface area contributed by atoms with Gasteiger partial charge in [-0.3, -0.25) is 9.69 Å². The lowest BCUT2D eigenvalue weighted by Crippen LogP contribution is -2.39. The Morgan fingerprint density at radius 2 is 2.12 bits per heavy atom. The molecule has 3 rings (SSSR count). The van der Waals surface area contributed by atoms with E-state index < -0.39 is 14.0 Å². The molecule has 2 aliphatic rings. The van der Waals surface area contributed by atoms with Gasteiger partial charge >= 0.3 is 5.97 Å². The molecule has 1 aromatic carbocycles. The summed E-state index contributed by atoms with van der Waals surface area (Å²) in [6.07, 6.45) is 0.393. The molecule has 1 saturated heterocycles. The largest absolute Gasteiger partial charge is 0.624 e. The van der Waals surface area contributed by atoms with Gasteiger partial charge in [0.25, 0.3) is 7.94 Å². The van der Waals surface area contributed by atoms with Crippen molar-refractivity contribution in [3.05, 3.63) is 29.3 Å². The van der Waals surface area contributed by atoms with Crippen LogP contribution in [0.2, 0.25) is 0 Å². The minimum atomic E-state index is -3.38. The molecule has 0 spiro atoms. The van der Waals surface area contributed by atoms with Crippen LogP contribution >= 0.6 is 7.94 Å². The van der Waals surface area contributed by atoms with Gasteiger partial charge in [-0.05, 0) is 37.1 Å². The second kappa shape index (κ2) is 6.75. The molecule has 144 valence electrons. The number of carbonyl (C=O) groups is 1. The van der Waals surface area contributed by atoms with Gasteiger partial charge in [-0.1, -0.05) is 26.8 Å². The number of rotatable bonds is 3. The van der Waals surface area contributed by atoms with Gasteiger partial charge in [-0.25, -0.2) is 4.52 Å². The first kappa shape index (κ1) is 19.6. The molecule has 0 saturated carbocycles. The van der Waals surface area contributed by atoms with Crippen LogP contribution in [0.3, 0.4) is 0 Å². The third-order valence-electron chi connectivity index (χ3n) is 5.37. The Morgan fingerprint density at radius 1 is 1.42 bits per heavy atom. The van der Waals surface area contributed by atoms with Crippen molar-refractivity contribution in [3.8, 4) is 5.75 Å². The fourth-order valence-electron chi connectivity index (χ4n) is 3.95. The zero-order valence-corrected chi connectivity index (χ0v) is 17.2. The molecular weight excluding hydrogens is 353 g/mol. The highest BCUT2D eigenvalue weighted by molar-refractivity contribution is 7.60. The quantitative estimate of drug-likeness (QED) is 0.592. The SMILES string of the molecule is CCO[P+]1([O-])Oc2ccc(C(C)(C)C)cc2[C@H]2[C@@H]1C[C@H](C(=O)OC)N2C. The molecule has 2 aliphatic heterocycles. The number of likely N-dealkylation sites (N-methyl/N-ethyl adjacent to an activating group) is 1. The summed E-state index contributed by atoms with van der Waals surface area (Å²) in [4.78, 5) is 27.7. The van der Waals surface area contributed by atoms with E-state index in [1.807, 2.05) is 24.1 Å². The van der Waals surface area contributed by atoms with Crippen molar-refractivity contribution < 1.29 is 23.5 Å². The molecule has 4 atom stereocenters. The second-order valence-electron chi connectivity index (χ2n) is 8.00. The van der Waals surface area contributed by atoms with E-state index in [9.17, 15) is 9.69 Å². The standard InChI is InChI=1S/C19H28NO5P/c1-7-24-26(22)16-11-14(18(21)23-6)20(5)17(16)13-10-12(19(2,3)4)8-9-15(13)25-26/h8-10,14,16-17H,7,11H2,1-6H3/t14-,16+,17+,26?/m1/s1. The fraction of sp³-hybridized carbons (Fsp3) is 0.632. The van der Waals surface area contributed by atoms with Crippen LogP contribution in [0.25, 0.3) is 0 Å². The molecule has 0 aliphatic carbocycles. The summed E-state index contributed by atoms with van der Waals surface area (Å²) in [5, 5.41) is 0. The average Bonchev–Trinajstić information content (AvgIpc) is 2.92. The predicted octanol–water partition coefficient (Wildman–Crippen LogP) is 2.82. The van der Waals surface area contributed by atoms with Crippen LogP contribution in [0.4, 0.5) is 0 Å². The van der Waals surface area contributed by atoms with Crippen molar-refractivity contribution in [2.45, 2.75) is 57.3 Å². The van der Waals surface area contributed by atoms with Crippen LogP contribution in [0, 0.1) is 0 Å². The van der Waals surface area contributed by atoms with Crippen molar-refractivity contribution in [2.24, 2.45) is 0 Å². The summed E-state index contributed by atoms with van der Waals surface area (Å²) < 4.78 is 16.5. The van der Waals surface area contributed by atoms with Crippen molar-refractivity contribution in [1.29, 1.82) is 0 Å². The van der Waals surface area contributed by atoms with Gasteiger partial charge in [0.1, 0.15) is 11.7 Å². The van der Waals surface area contributed by atoms with E-state index in [0.717, 1.165) is 5.56 Å². The van der Waals surface area contributed by atoms with Gasteiger partial charge in [0, 0.05) is 12.0 Å². The zero-order chi connectivity index (χ0) is 19.3. The van der Waals surface area contributed by atoms with Crippen LogP contribution in [0.5, 0.6) is 5.75 Å². The Kier molecular flexibility index (Phi) is 5.08. The minimum Gasteiger partial charge on any atom is -0.624 e. The van der Waals surface area contributed by atoms with Crippen molar-refractivity contribution in [3.63, 3.8) is 0 Å². The molecule has 0 radical (unpaired) electrons. The first-order chi connectivity index (χ1) is 12.1. The third kappa shape index (κ3) is 3.13. The normalized spacial score (nSPS) is 31.1. The van der Waals surface area contributed by atoms with Gasteiger partial charge in [0.05, 0.1) is 19.8 Å². The summed E-state index contributed by atoms with van der Waals surface area (Å²) in [6.45, 7) is 8.54. The number of hydrogen-bond acceptors (Lipinski definition) is 6. The highest BCUT2D eigenvalue weighted by Crippen LogP contribution is 2.69. The lowest BCUT2D eigenvalue weighted by molar-refractivity contribution is -0.215. The van der Waals surface area contributed by atoms with E-state index in [4.69, 9.17) is 13.8 Å². The van der Waals surface area contributed by atoms with Gasteiger partial charge in [0.15, 0.2) is 5.75 Å². The number of hydrogen-bond donors (Lipinski definition) is 0. The highest BCUT2D eigenvalue weighted by atomic mass is 31.2. The Labute approximate surface area is 156 Å². The maximum Gasteiger partial charge on any atom is 0.323 e. The third-order valence-corrected chi connectivity index (χ3v) is 7.74. The molecule has 26 heavy (non-hydrogen) atoms. The first-order valence-electron chi connectivity index (χ1n) is 9.00. The molecule has 1 fully saturated rings. The number of likely N-dealkylation sites (tertiary alicyclic amines) is 1. The highest BCUT2D eigenvalue weighted by Gasteiger charge is 2.60. The molecule has 7 heteroatoms. The number of nitrogens with zero attached hydrogens (tertiary/aromatic N) is 1. The van der Waals surface area contributed by atoms with E-state index in [2.05, 4.69) is 26.8 Å². The summed E-state index contributed by atoms with van der Waals surface area (Å²) in [6, 6.07) is 5.32. The van der Waals surface area contributed by atoms with E-state index in [0.29, 0.717) is 18.8 Å². The van der Waals surface area contributed by atoms with E-state index in [1.165, 1.54) is 12.7 Å². The maximum absolute atomic E-state index is 13.5. The van der Waals surface area contributed by atoms with Crippen LogP contribution in [0.15, 0.2) is 18.2 Å². The predicted molar refractivity (Wildman–Crippen MR) is 99.0 cm³/mol. The van der Waals surface area contributed by atoms with Crippen LogP contribution in [0.1, 0.15) is 51.3 Å². The van der Waals surface area contributed by atoms with E-state index >= 15 is 0 Å². The van der Waals surface area contributed by atoms with Crippen LogP contribution in [-0.4, -0.2) is 43.3 Å². The van der Waals surface area contributed by atoms with Gasteiger partial charge in [-0.15, -0.1) is 0 Å². The van der Waals surface area contributed by atoms with E-state index in [1.54, 1.807) is 6.92 Å².